The minimum absolute atomic E-state index is 0.269. The first-order valence-electron chi connectivity index (χ1n) is 11.6. The SMILES string of the molecule is CCOC(=O)C1=C(CN2CCN(c3ccc(OC)cc3)CC2)NC(=O)NC1c1ccc(C)cc1. The summed E-state index contributed by atoms with van der Waals surface area (Å²) in [6.07, 6.45) is 0. The lowest BCUT2D eigenvalue weighted by Gasteiger charge is -2.38. The number of methoxy groups -OCH3 is 1. The van der Waals surface area contributed by atoms with Gasteiger partial charge in [0.2, 0.25) is 0 Å². The Kier molecular flexibility index (Phi) is 7.37. The standard InChI is InChI=1S/C26H32N4O4/c1-4-34-25(31)23-22(27-26(32)28-24(23)19-7-5-18(2)6-8-19)17-29-13-15-30(16-14-29)20-9-11-21(33-3)12-10-20/h5-12,24H,4,13-17H2,1-3H3,(H2,27,28,32). The van der Waals surface area contributed by atoms with Gasteiger partial charge in [0.05, 0.1) is 25.3 Å². The third-order valence-electron chi connectivity index (χ3n) is 6.25. The zero-order chi connectivity index (χ0) is 24.1. The molecule has 8 heteroatoms. The molecule has 2 heterocycles. The van der Waals surface area contributed by atoms with Crippen LogP contribution in [-0.4, -0.2) is 63.3 Å². The van der Waals surface area contributed by atoms with E-state index in [1.165, 1.54) is 0 Å². The van der Waals surface area contributed by atoms with E-state index in [-0.39, 0.29) is 12.6 Å². The molecule has 2 amide bonds. The van der Waals surface area contributed by atoms with E-state index in [0.717, 1.165) is 48.7 Å². The molecule has 1 unspecified atom stereocenters. The van der Waals surface area contributed by atoms with Crippen molar-refractivity contribution in [3.8, 4) is 5.75 Å². The monoisotopic (exact) mass is 464 g/mol. The number of esters is 1. The summed E-state index contributed by atoms with van der Waals surface area (Å²) in [5, 5.41) is 5.78. The van der Waals surface area contributed by atoms with Gasteiger partial charge in [-0.25, -0.2) is 9.59 Å². The topological polar surface area (TPSA) is 83.1 Å². The van der Waals surface area contributed by atoms with Crippen molar-refractivity contribution < 1.29 is 19.1 Å². The molecule has 2 aliphatic heterocycles. The Bertz CT molecular complexity index is 1040. The molecule has 0 radical (unpaired) electrons. The predicted molar refractivity (Wildman–Crippen MR) is 131 cm³/mol. The Hall–Kier alpha value is -3.52. The number of carbonyl (C=O) groups excluding carboxylic acids is 2. The molecule has 0 saturated carbocycles. The quantitative estimate of drug-likeness (QED) is 0.613. The van der Waals surface area contributed by atoms with Crippen LogP contribution >= 0.6 is 0 Å². The number of rotatable bonds is 7. The average molecular weight is 465 g/mol. The smallest absolute Gasteiger partial charge is 0.338 e. The lowest BCUT2D eigenvalue weighted by molar-refractivity contribution is -0.139. The number of hydrogen-bond acceptors (Lipinski definition) is 6. The first kappa shape index (κ1) is 23.6. The van der Waals surface area contributed by atoms with Gasteiger partial charge in [0, 0.05) is 44.1 Å². The Morgan fingerprint density at radius 3 is 2.32 bits per heavy atom. The Labute approximate surface area is 200 Å². The molecule has 1 atom stereocenters. The van der Waals surface area contributed by atoms with Gasteiger partial charge in [-0.15, -0.1) is 0 Å². The van der Waals surface area contributed by atoms with Gasteiger partial charge in [-0.2, -0.15) is 0 Å². The molecule has 0 bridgehead atoms. The van der Waals surface area contributed by atoms with Crippen LogP contribution in [0.25, 0.3) is 0 Å². The number of benzene rings is 2. The number of amides is 2. The summed E-state index contributed by atoms with van der Waals surface area (Å²) < 4.78 is 10.6. The minimum Gasteiger partial charge on any atom is -0.497 e. The molecule has 0 aromatic heterocycles. The van der Waals surface area contributed by atoms with E-state index in [0.29, 0.717) is 17.8 Å². The lowest BCUT2D eigenvalue weighted by Crippen LogP contribution is -2.51. The second-order valence-electron chi connectivity index (χ2n) is 8.52. The lowest BCUT2D eigenvalue weighted by atomic mass is 9.94. The number of urea groups is 1. The van der Waals surface area contributed by atoms with Gasteiger partial charge in [-0.3, -0.25) is 4.90 Å². The van der Waals surface area contributed by atoms with Crippen molar-refractivity contribution in [3.63, 3.8) is 0 Å². The van der Waals surface area contributed by atoms with Crippen LogP contribution in [0.5, 0.6) is 5.75 Å². The molecule has 2 aromatic carbocycles. The molecule has 1 saturated heterocycles. The molecule has 0 aliphatic carbocycles. The van der Waals surface area contributed by atoms with E-state index in [4.69, 9.17) is 9.47 Å². The highest BCUT2D eigenvalue weighted by Crippen LogP contribution is 2.29. The normalized spacial score (nSPS) is 18.9. The fourth-order valence-electron chi connectivity index (χ4n) is 4.38. The second kappa shape index (κ2) is 10.6. The largest absolute Gasteiger partial charge is 0.497 e. The summed E-state index contributed by atoms with van der Waals surface area (Å²) in [4.78, 5) is 30.1. The Morgan fingerprint density at radius 1 is 1.03 bits per heavy atom. The summed E-state index contributed by atoms with van der Waals surface area (Å²) in [6.45, 7) is 7.85. The van der Waals surface area contributed by atoms with Crippen molar-refractivity contribution in [1.82, 2.24) is 15.5 Å². The minimum atomic E-state index is -0.552. The maximum atomic E-state index is 13.0. The highest BCUT2D eigenvalue weighted by molar-refractivity contribution is 5.95. The van der Waals surface area contributed by atoms with E-state index in [2.05, 4.69) is 32.6 Å². The van der Waals surface area contributed by atoms with Crippen LogP contribution in [0.2, 0.25) is 0 Å². The maximum Gasteiger partial charge on any atom is 0.338 e. The van der Waals surface area contributed by atoms with Crippen LogP contribution in [0.4, 0.5) is 10.5 Å². The third-order valence-corrected chi connectivity index (χ3v) is 6.25. The second-order valence-corrected chi connectivity index (χ2v) is 8.52. The van der Waals surface area contributed by atoms with Gasteiger partial charge in [-0.05, 0) is 43.7 Å². The number of nitrogens with one attached hydrogen (secondary N) is 2. The molecule has 2 N–H and O–H groups in total. The maximum absolute atomic E-state index is 13.0. The zero-order valence-electron chi connectivity index (χ0n) is 20.0. The zero-order valence-corrected chi connectivity index (χ0v) is 20.0. The van der Waals surface area contributed by atoms with Crippen LogP contribution in [0.15, 0.2) is 59.8 Å². The van der Waals surface area contributed by atoms with E-state index in [1.807, 2.05) is 43.3 Å². The van der Waals surface area contributed by atoms with E-state index >= 15 is 0 Å². The molecule has 2 aliphatic rings. The fraction of sp³-hybridized carbons (Fsp3) is 0.385. The van der Waals surface area contributed by atoms with Crippen LogP contribution < -0.4 is 20.3 Å². The fourth-order valence-corrected chi connectivity index (χ4v) is 4.38. The third kappa shape index (κ3) is 5.34. The van der Waals surface area contributed by atoms with Crippen LogP contribution in [0.3, 0.4) is 0 Å². The first-order chi connectivity index (χ1) is 16.5. The van der Waals surface area contributed by atoms with Crippen molar-refractivity contribution in [3.05, 3.63) is 70.9 Å². The summed E-state index contributed by atoms with van der Waals surface area (Å²) in [6, 6.07) is 15.0. The molecule has 2 aromatic rings. The number of aryl methyl sites for hydroxylation is 1. The number of nitrogens with zero attached hydrogens (tertiary/aromatic N) is 2. The van der Waals surface area contributed by atoms with Crippen LogP contribution in [0, 0.1) is 6.92 Å². The molecular formula is C26H32N4O4. The van der Waals surface area contributed by atoms with E-state index < -0.39 is 12.0 Å². The van der Waals surface area contributed by atoms with E-state index in [9.17, 15) is 9.59 Å². The number of anilines is 1. The van der Waals surface area contributed by atoms with Gasteiger partial charge in [0.1, 0.15) is 5.75 Å². The molecule has 1 fully saturated rings. The van der Waals surface area contributed by atoms with Gasteiger partial charge < -0.3 is 25.0 Å². The van der Waals surface area contributed by atoms with Gasteiger partial charge >= 0.3 is 12.0 Å². The van der Waals surface area contributed by atoms with E-state index in [1.54, 1.807) is 14.0 Å². The van der Waals surface area contributed by atoms with Gasteiger partial charge in [0.25, 0.3) is 0 Å². The summed E-state index contributed by atoms with van der Waals surface area (Å²) >= 11 is 0. The number of piperazine rings is 1. The predicted octanol–water partition coefficient (Wildman–Crippen LogP) is 3.00. The summed E-state index contributed by atoms with van der Waals surface area (Å²) in [5.41, 5.74) is 4.18. The van der Waals surface area contributed by atoms with Crippen molar-refractivity contribution in [2.24, 2.45) is 0 Å². The highest BCUT2D eigenvalue weighted by Gasteiger charge is 2.34. The van der Waals surface area contributed by atoms with Crippen molar-refractivity contribution in [1.29, 1.82) is 0 Å². The first-order valence-corrected chi connectivity index (χ1v) is 11.6. The number of hydrogen-bond donors (Lipinski definition) is 2. The van der Waals surface area contributed by atoms with Crippen LogP contribution in [0.1, 0.15) is 24.1 Å². The highest BCUT2D eigenvalue weighted by atomic mass is 16.5. The molecular weight excluding hydrogens is 432 g/mol. The molecule has 4 rings (SSSR count). The summed E-state index contributed by atoms with van der Waals surface area (Å²) in [5.74, 6) is 0.429. The average Bonchev–Trinajstić information content (AvgIpc) is 2.85. The molecule has 0 spiro atoms. The van der Waals surface area contributed by atoms with Crippen molar-refractivity contribution >= 4 is 17.7 Å². The summed E-state index contributed by atoms with van der Waals surface area (Å²) in [7, 11) is 1.66. The Balaban J connectivity index is 1.52. The van der Waals surface area contributed by atoms with Crippen LogP contribution in [-0.2, 0) is 9.53 Å². The Morgan fingerprint density at radius 2 is 1.71 bits per heavy atom. The number of carbonyl (C=O) groups is 2. The molecule has 34 heavy (non-hydrogen) atoms. The van der Waals surface area contributed by atoms with Crippen molar-refractivity contribution in [2.45, 2.75) is 19.9 Å². The van der Waals surface area contributed by atoms with Crippen molar-refractivity contribution in [2.75, 3.05) is 51.3 Å². The molecule has 8 nitrogen and oxygen atoms in total. The number of ether oxygens (including phenoxy) is 2. The van der Waals surface area contributed by atoms with Gasteiger partial charge in [-0.1, -0.05) is 29.8 Å². The molecule has 180 valence electrons. The van der Waals surface area contributed by atoms with Gasteiger partial charge in [0.15, 0.2) is 0 Å².